The molecule has 1 aliphatic rings. The largest absolute Gasteiger partial charge is 0.493 e. The van der Waals surface area contributed by atoms with Crippen molar-refractivity contribution in [3.05, 3.63) is 59.2 Å². The lowest BCUT2D eigenvalue weighted by atomic mass is 9.79. The van der Waals surface area contributed by atoms with E-state index < -0.39 is 5.97 Å². The minimum Gasteiger partial charge on any atom is -0.493 e. The number of hydrogen-bond donors (Lipinski definition) is 1. The summed E-state index contributed by atoms with van der Waals surface area (Å²) in [7, 11) is 0. The molecule has 0 saturated carbocycles. The Labute approximate surface area is 138 Å². The molecule has 0 unspecified atom stereocenters. The van der Waals surface area contributed by atoms with Gasteiger partial charge in [-0.2, -0.15) is 0 Å². The minimum absolute atomic E-state index is 0.126. The fraction of sp³-hybridized carbons (Fsp3) is 0.350. The number of hydrogen-bond acceptors (Lipinski definition) is 2. The molecule has 0 amide bonds. The molecule has 0 saturated heterocycles. The van der Waals surface area contributed by atoms with Crippen molar-refractivity contribution in [1.82, 2.24) is 0 Å². The number of aliphatic carboxylic acids is 1. The number of ether oxygens (including phenoxy) is 1. The molecular formula is C20H24O3. The van der Waals surface area contributed by atoms with Gasteiger partial charge in [0.1, 0.15) is 5.75 Å². The maximum atomic E-state index is 10.6. The van der Waals surface area contributed by atoms with Crippen molar-refractivity contribution in [3.63, 3.8) is 0 Å². The van der Waals surface area contributed by atoms with Crippen LogP contribution in [0, 0.1) is 0 Å². The highest BCUT2D eigenvalue weighted by Crippen LogP contribution is 2.39. The molecule has 0 spiro atoms. The van der Waals surface area contributed by atoms with E-state index in [-0.39, 0.29) is 5.41 Å². The lowest BCUT2D eigenvalue weighted by molar-refractivity contribution is -0.131. The first-order valence-corrected chi connectivity index (χ1v) is 7.83. The zero-order valence-electron chi connectivity index (χ0n) is 14.2. The molecular weight excluding hydrogens is 288 g/mol. The molecule has 122 valence electrons. The van der Waals surface area contributed by atoms with Crippen LogP contribution in [-0.2, 0) is 10.2 Å². The lowest BCUT2D eigenvalue weighted by Gasteiger charge is -2.32. The van der Waals surface area contributed by atoms with Gasteiger partial charge in [-0.15, -0.1) is 0 Å². The predicted octanol–water partition coefficient (Wildman–Crippen LogP) is 4.74. The molecule has 23 heavy (non-hydrogen) atoms. The fourth-order valence-corrected chi connectivity index (χ4v) is 2.66. The molecule has 0 radical (unpaired) electrons. The maximum absolute atomic E-state index is 10.6. The van der Waals surface area contributed by atoms with Gasteiger partial charge in [-0.3, -0.25) is 0 Å². The molecule has 0 fully saturated rings. The molecule has 1 aromatic carbocycles. The van der Waals surface area contributed by atoms with E-state index in [0.29, 0.717) is 5.57 Å². The van der Waals surface area contributed by atoms with Crippen LogP contribution in [0.1, 0.15) is 45.2 Å². The van der Waals surface area contributed by atoms with Gasteiger partial charge >= 0.3 is 5.97 Å². The Morgan fingerprint density at radius 1 is 1.30 bits per heavy atom. The lowest BCUT2D eigenvalue weighted by Crippen LogP contribution is -2.26. The smallest absolute Gasteiger partial charge is 0.328 e. The standard InChI is InChI=1S/C20H24O3/c1-14(12-19(21)22)6-5-7-15(2)16-8-9-18-17(13-16)20(3,4)10-11-23-18/h5-9,12-13H,10-11H2,1-4H3,(H,21,22). The summed E-state index contributed by atoms with van der Waals surface area (Å²) >= 11 is 0. The van der Waals surface area contributed by atoms with E-state index in [1.165, 1.54) is 11.6 Å². The molecule has 0 aliphatic carbocycles. The van der Waals surface area contributed by atoms with E-state index in [1.807, 2.05) is 18.2 Å². The molecule has 1 N–H and O–H groups in total. The Morgan fingerprint density at radius 3 is 2.74 bits per heavy atom. The van der Waals surface area contributed by atoms with Crippen LogP contribution < -0.4 is 4.74 Å². The Kier molecular flexibility index (Phi) is 5.09. The molecule has 0 aromatic heterocycles. The third-order valence-electron chi connectivity index (χ3n) is 4.21. The summed E-state index contributed by atoms with van der Waals surface area (Å²) in [4.78, 5) is 10.6. The van der Waals surface area contributed by atoms with Gasteiger partial charge in [0.05, 0.1) is 6.61 Å². The summed E-state index contributed by atoms with van der Waals surface area (Å²) in [6, 6.07) is 6.32. The summed E-state index contributed by atoms with van der Waals surface area (Å²) in [5.41, 5.74) is 4.38. The van der Waals surface area contributed by atoms with E-state index in [0.717, 1.165) is 29.9 Å². The van der Waals surface area contributed by atoms with E-state index in [1.54, 1.807) is 13.0 Å². The fourth-order valence-electron chi connectivity index (χ4n) is 2.66. The number of fused-ring (bicyclic) bond motifs is 1. The molecule has 1 aliphatic heterocycles. The first-order valence-electron chi connectivity index (χ1n) is 7.83. The van der Waals surface area contributed by atoms with Gasteiger partial charge in [-0.05, 0) is 54.5 Å². The molecule has 1 aromatic rings. The van der Waals surface area contributed by atoms with Crippen LogP contribution in [0.25, 0.3) is 5.57 Å². The van der Waals surface area contributed by atoms with Crippen molar-refractivity contribution in [1.29, 1.82) is 0 Å². The van der Waals surface area contributed by atoms with Crippen LogP contribution in [0.2, 0.25) is 0 Å². The minimum atomic E-state index is -0.926. The molecule has 1 heterocycles. The first kappa shape index (κ1) is 17.1. The summed E-state index contributed by atoms with van der Waals surface area (Å²) < 4.78 is 5.75. The van der Waals surface area contributed by atoms with E-state index in [2.05, 4.69) is 32.9 Å². The molecule has 3 nitrogen and oxygen atoms in total. The van der Waals surface area contributed by atoms with Crippen molar-refractivity contribution >= 4 is 11.5 Å². The first-order chi connectivity index (χ1) is 10.8. The number of carboxylic acid groups (broad SMARTS) is 1. The van der Waals surface area contributed by atoms with Gasteiger partial charge in [-0.1, -0.05) is 38.1 Å². The second kappa shape index (κ2) is 6.86. The van der Waals surface area contributed by atoms with Gasteiger partial charge in [0.15, 0.2) is 0 Å². The van der Waals surface area contributed by atoms with Gasteiger partial charge < -0.3 is 9.84 Å². The second-order valence-corrected chi connectivity index (χ2v) is 6.63. The van der Waals surface area contributed by atoms with Crippen LogP contribution in [0.3, 0.4) is 0 Å². The highest BCUT2D eigenvalue weighted by Gasteiger charge is 2.28. The van der Waals surface area contributed by atoms with E-state index in [4.69, 9.17) is 9.84 Å². The quantitative estimate of drug-likeness (QED) is 0.645. The van der Waals surface area contributed by atoms with Crippen molar-refractivity contribution in [2.75, 3.05) is 6.61 Å². The number of benzene rings is 1. The Balaban J connectivity index is 2.23. The topological polar surface area (TPSA) is 46.5 Å². The Hall–Kier alpha value is -2.29. The Bertz CT molecular complexity index is 691. The highest BCUT2D eigenvalue weighted by atomic mass is 16.5. The third kappa shape index (κ3) is 4.35. The SMILES string of the molecule is CC(C=CC=C(C)c1ccc2c(c1)C(C)(C)CCO2)=CC(=O)O. The van der Waals surface area contributed by atoms with Crippen molar-refractivity contribution in [3.8, 4) is 5.75 Å². The maximum Gasteiger partial charge on any atom is 0.328 e. The average molecular weight is 312 g/mol. The molecule has 0 atom stereocenters. The zero-order chi connectivity index (χ0) is 17.0. The van der Waals surface area contributed by atoms with Crippen LogP contribution in [-0.4, -0.2) is 17.7 Å². The van der Waals surface area contributed by atoms with Gasteiger partial charge in [0.25, 0.3) is 0 Å². The van der Waals surface area contributed by atoms with Crippen molar-refractivity contribution in [2.24, 2.45) is 0 Å². The van der Waals surface area contributed by atoms with E-state index >= 15 is 0 Å². The zero-order valence-corrected chi connectivity index (χ0v) is 14.2. The summed E-state index contributed by atoms with van der Waals surface area (Å²) in [5.74, 6) is 0.0540. The number of rotatable bonds is 4. The predicted molar refractivity (Wildman–Crippen MR) is 93.8 cm³/mol. The third-order valence-corrected chi connectivity index (χ3v) is 4.21. The summed E-state index contributed by atoms with van der Waals surface area (Å²) in [6.07, 6.45) is 7.88. The summed E-state index contributed by atoms with van der Waals surface area (Å²) in [6.45, 7) is 9.09. The van der Waals surface area contributed by atoms with E-state index in [9.17, 15) is 4.79 Å². The van der Waals surface area contributed by atoms with Crippen LogP contribution in [0.4, 0.5) is 0 Å². The highest BCUT2D eigenvalue weighted by molar-refractivity contribution is 5.81. The van der Waals surface area contributed by atoms with Crippen molar-refractivity contribution in [2.45, 2.75) is 39.5 Å². The van der Waals surface area contributed by atoms with Gasteiger partial charge in [0, 0.05) is 11.6 Å². The second-order valence-electron chi connectivity index (χ2n) is 6.63. The van der Waals surface area contributed by atoms with Crippen molar-refractivity contribution < 1.29 is 14.6 Å². The number of carbonyl (C=O) groups is 1. The van der Waals surface area contributed by atoms with Gasteiger partial charge in [-0.25, -0.2) is 4.79 Å². The van der Waals surface area contributed by atoms with Crippen LogP contribution in [0.15, 0.2) is 48.1 Å². The number of allylic oxidation sites excluding steroid dienone is 5. The van der Waals surface area contributed by atoms with Gasteiger partial charge in [0.2, 0.25) is 0 Å². The summed E-state index contributed by atoms with van der Waals surface area (Å²) in [5, 5.41) is 8.69. The number of carboxylic acids is 1. The average Bonchev–Trinajstić information content (AvgIpc) is 2.45. The Morgan fingerprint density at radius 2 is 2.04 bits per heavy atom. The van der Waals surface area contributed by atoms with Crippen LogP contribution >= 0.6 is 0 Å². The molecule has 3 heteroatoms. The van der Waals surface area contributed by atoms with Crippen LogP contribution in [0.5, 0.6) is 5.75 Å². The normalized spacial score (nSPS) is 17.7. The monoisotopic (exact) mass is 312 g/mol. The molecule has 2 rings (SSSR count). The molecule has 0 bridgehead atoms.